The predicted molar refractivity (Wildman–Crippen MR) is 218 cm³/mol. The number of rotatable bonds is 9. The number of aromatic amines is 1. The van der Waals surface area contributed by atoms with E-state index in [0.717, 1.165) is 104 Å². The lowest BCUT2D eigenvalue weighted by molar-refractivity contribution is -0.136. The van der Waals surface area contributed by atoms with Crippen molar-refractivity contribution in [1.29, 1.82) is 0 Å². The van der Waals surface area contributed by atoms with Crippen molar-refractivity contribution in [1.82, 2.24) is 30.6 Å². The summed E-state index contributed by atoms with van der Waals surface area (Å²) in [5, 5.41) is 14.5. The van der Waals surface area contributed by atoms with Crippen LogP contribution in [0.1, 0.15) is 106 Å². The van der Waals surface area contributed by atoms with Crippen LogP contribution in [0.25, 0.3) is 16.6 Å². The number of anilines is 1. The Hall–Kier alpha value is -5.09. The number of hydrogen-bond acceptors (Lipinski definition) is 11. The molecule has 14 nitrogen and oxygen atoms in total. The van der Waals surface area contributed by atoms with Gasteiger partial charge in [-0.3, -0.25) is 24.8 Å². The van der Waals surface area contributed by atoms with Gasteiger partial charge in [0.25, 0.3) is 5.91 Å². The molecule has 2 aromatic carbocycles. The van der Waals surface area contributed by atoms with Crippen molar-refractivity contribution in [3.63, 3.8) is 0 Å². The summed E-state index contributed by atoms with van der Waals surface area (Å²) in [5.41, 5.74) is 2.63. The summed E-state index contributed by atoms with van der Waals surface area (Å²) in [4.78, 5) is 47.3. The van der Waals surface area contributed by atoms with Crippen LogP contribution >= 0.6 is 0 Å². The molecule has 60 heavy (non-hydrogen) atoms. The molecule has 5 aliphatic heterocycles. The SMILES string of the molecule is CC1(Oc2ccc3[nH]nc(C4=CC(N5CCC(OC6CCC(OC7CCN(c8c(F)cc9c(c8F)CN(C8CCC(=O)NC8=O)C9=O)CC7)CC6)CC5)=NCN4)c3c2)CC1. The summed E-state index contributed by atoms with van der Waals surface area (Å²) in [6.45, 7) is 5.10. The van der Waals surface area contributed by atoms with Crippen LogP contribution < -0.4 is 20.3 Å². The molecule has 10 rings (SSSR count). The second-order valence-corrected chi connectivity index (χ2v) is 17.7. The van der Waals surface area contributed by atoms with Gasteiger partial charge < -0.3 is 34.2 Å². The number of nitrogens with zero attached hydrogens (tertiary/aromatic N) is 5. The van der Waals surface area contributed by atoms with Gasteiger partial charge in [-0.05, 0) is 102 Å². The van der Waals surface area contributed by atoms with Crippen LogP contribution in [0.3, 0.4) is 0 Å². The lowest BCUT2D eigenvalue weighted by Crippen LogP contribution is -2.52. The summed E-state index contributed by atoms with van der Waals surface area (Å²) >= 11 is 0. The van der Waals surface area contributed by atoms with Crippen molar-refractivity contribution in [2.45, 2.75) is 127 Å². The molecule has 2 aliphatic carbocycles. The van der Waals surface area contributed by atoms with Gasteiger partial charge >= 0.3 is 0 Å². The first-order valence-electron chi connectivity index (χ1n) is 21.7. The lowest BCUT2D eigenvalue weighted by atomic mass is 9.93. The Bertz CT molecular complexity index is 2250. The Morgan fingerprint density at radius 3 is 2.17 bits per heavy atom. The zero-order chi connectivity index (χ0) is 41.1. The second kappa shape index (κ2) is 15.7. The van der Waals surface area contributed by atoms with E-state index in [1.807, 2.05) is 12.1 Å². The molecule has 3 saturated heterocycles. The maximum Gasteiger partial charge on any atom is 0.255 e. The average Bonchev–Trinajstić information content (AvgIpc) is 3.67. The molecule has 318 valence electrons. The number of carbonyl (C=O) groups excluding carboxylic acids is 3. The third kappa shape index (κ3) is 7.72. The van der Waals surface area contributed by atoms with Crippen molar-refractivity contribution in [3.8, 4) is 5.75 Å². The van der Waals surface area contributed by atoms with Gasteiger partial charge in [0.15, 0.2) is 5.82 Å². The molecule has 5 fully saturated rings. The highest BCUT2D eigenvalue weighted by atomic mass is 19.1. The molecule has 0 radical (unpaired) electrons. The van der Waals surface area contributed by atoms with Crippen LogP contribution in [0.5, 0.6) is 5.75 Å². The first-order valence-corrected chi connectivity index (χ1v) is 21.7. The molecule has 3 N–H and O–H groups in total. The Labute approximate surface area is 347 Å². The van der Waals surface area contributed by atoms with Gasteiger partial charge in [-0.1, -0.05) is 0 Å². The van der Waals surface area contributed by atoms with Crippen LogP contribution in [0.4, 0.5) is 14.5 Å². The lowest BCUT2D eigenvalue weighted by Gasteiger charge is -2.39. The van der Waals surface area contributed by atoms with Crippen molar-refractivity contribution >= 4 is 45.8 Å². The van der Waals surface area contributed by atoms with Gasteiger partial charge in [0.1, 0.15) is 47.1 Å². The molecule has 6 heterocycles. The van der Waals surface area contributed by atoms with Crippen LogP contribution in [0.2, 0.25) is 0 Å². The molecule has 1 unspecified atom stereocenters. The number of carbonyl (C=O) groups is 3. The van der Waals surface area contributed by atoms with Gasteiger partial charge in [-0.2, -0.15) is 5.10 Å². The van der Waals surface area contributed by atoms with Gasteiger partial charge in [-0.25, -0.2) is 13.8 Å². The van der Waals surface area contributed by atoms with Gasteiger partial charge in [-0.15, -0.1) is 0 Å². The van der Waals surface area contributed by atoms with E-state index >= 15 is 8.78 Å². The largest absolute Gasteiger partial charge is 0.488 e. The summed E-state index contributed by atoms with van der Waals surface area (Å²) < 4.78 is 50.8. The highest BCUT2D eigenvalue weighted by molar-refractivity contribution is 6.06. The number of nitrogens with one attached hydrogen (secondary N) is 3. The number of fused-ring (bicyclic) bond motifs is 2. The number of hydrogen-bond donors (Lipinski definition) is 3. The smallest absolute Gasteiger partial charge is 0.255 e. The van der Waals surface area contributed by atoms with Gasteiger partial charge in [0, 0.05) is 49.6 Å². The number of halogens is 2. The second-order valence-electron chi connectivity index (χ2n) is 17.7. The number of piperidine rings is 3. The van der Waals surface area contributed by atoms with E-state index < -0.39 is 35.4 Å². The zero-order valence-electron chi connectivity index (χ0n) is 33.9. The summed E-state index contributed by atoms with van der Waals surface area (Å²) in [5.74, 6) is -1.31. The van der Waals surface area contributed by atoms with E-state index in [-0.39, 0.29) is 66.2 Å². The molecule has 3 aromatic rings. The van der Waals surface area contributed by atoms with Crippen LogP contribution in [-0.2, 0) is 25.6 Å². The Kier molecular flexibility index (Phi) is 10.3. The van der Waals surface area contributed by atoms with Gasteiger partial charge in [0.2, 0.25) is 11.8 Å². The standard InChI is InChI=1S/C44H52F2N8O6/c1-44(14-15-44)60-29-6-7-34-31(20-29)40(51-50-34)35-22-37(48-24-47-35)52-16-10-27(11-17-52)58-25-2-4-26(5-3-25)59-28-12-18-53(19-13-28)41-33(45)21-30-32(39(41)46)23-54(43(30)57)36-8-9-38(55)49-42(36)56/h6-7,20-22,25-28,36,47H,2-5,8-19,23-24H2,1H3,(H,50,51)(H,49,55,56). The summed E-state index contributed by atoms with van der Waals surface area (Å²) in [7, 11) is 0. The fraction of sp³-hybridized carbons (Fsp3) is 0.568. The number of H-pyrrole nitrogens is 1. The number of aromatic nitrogens is 2. The molecule has 3 amide bonds. The van der Waals surface area contributed by atoms with Crippen LogP contribution in [0.15, 0.2) is 35.3 Å². The molecule has 1 aromatic heterocycles. The van der Waals surface area contributed by atoms with E-state index in [1.54, 1.807) is 4.90 Å². The van der Waals surface area contributed by atoms with Crippen LogP contribution in [0, 0.1) is 11.6 Å². The Morgan fingerprint density at radius 1 is 0.833 bits per heavy atom. The Balaban J connectivity index is 0.670. The Morgan fingerprint density at radius 2 is 1.50 bits per heavy atom. The molecule has 1 atom stereocenters. The van der Waals surface area contributed by atoms with Gasteiger partial charge in [0.05, 0.1) is 47.7 Å². The van der Waals surface area contributed by atoms with E-state index in [1.165, 1.54) is 4.90 Å². The van der Waals surface area contributed by atoms with Crippen molar-refractivity contribution in [2.24, 2.45) is 4.99 Å². The average molecular weight is 827 g/mol. The minimum atomic E-state index is -0.893. The maximum absolute atomic E-state index is 15.9. The maximum atomic E-state index is 15.9. The van der Waals surface area contributed by atoms with Crippen LogP contribution in [-0.4, -0.2) is 112 Å². The quantitative estimate of drug-likeness (QED) is 0.242. The molecule has 0 spiro atoms. The molecule has 7 aliphatic rings. The van der Waals surface area contributed by atoms with Crippen molar-refractivity contribution < 1.29 is 37.4 Å². The number of amides is 3. The van der Waals surface area contributed by atoms with E-state index in [0.29, 0.717) is 32.6 Å². The number of likely N-dealkylation sites (tertiary alicyclic amines) is 1. The fourth-order valence-corrected chi connectivity index (χ4v) is 9.80. The summed E-state index contributed by atoms with van der Waals surface area (Å²) in [6, 6.07) is 6.31. The van der Waals surface area contributed by atoms with Crippen molar-refractivity contribution in [3.05, 3.63) is 58.8 Å². The van der Waals surface area contributed by atoms with E-state index in [2.05, 4.69) is 44.8 Å². The highest BCUT2D eigenvalue weighted by Crippen LogP contribution is 2.41. The molecular formula is C44H52F2N8O6. The minimum absolute atomic E-state index is 0.000177. The topological polar surface area (TPSA) is 154 Å². The number of ether oxygens (including phenoxy) is 3. The number of imide groups is 1. The zero-order valence-corrected chi connectivity index (χ0v) is 33.9. The number of aliphatic imine (C=N–C) groups is 1. The predicted octanol–water partition coefficient (Wildman–Crippen LogP) is 5.31. The third-order valence-electron chi connectivity index (χ3n) is 13.5. The molecular weight excluding hydrogens is 775 g/mol. The normalized spacial score (nSPS) is 26.1. The van der Waals surface area contributed by atoms with E-state index in [9.17, 15) is 14.4 Å². The molecule has 0 bridgehead atoms. The first-order chi connectivity index (χ1) is 29.1. The van der Waals surface area contributed by atoms with E-state index in [4.69, 9.17) is 19.2 Å². The number of benzene rings is 2. The fourth-order valence-electron chi connectivity index (χ4n) is 9.80. The minimum Gasteiger partial charge on any atom is -0.488 e. The molecule has 2 saturated carbocycles. The number of amidine groups is 1. The third-order valence-corrected chi connectivity index (χ3v) is 13.5. The summed E-state index contributed by atoms with van der Waals surface area (Å²) in [6.07, 6.45) is 11.9. The first kappa shape index (κ1) is 39.1. The van der Waals surface area contributed by atoms with Crippen molar-refractivity contribution in [2.75, 3.05) is 37.7 Å². The molecule has 16 heteroatoms. The highest BCUT2D eigenvalue weighted by Gasteiger charge is 2.43. The monoisotopic (exact) mass is 826 g/mol.